The number of hydrogen-bond donors (Lipinski definition) is 1. The van der Waals surface area contributed by atoms with Crippen molar-refractivity contribution in [2.24, 2.45) is 0 Å². The van der Waals surface area contributed by atoms with Gasteiger partial charge in [0.05, 0.1) is 21.4 Å². The number of anilines is 1. The van der Waals surface area contributed by atoms with Gasteiger partial charge in [0.1, 0.15) is 0 Å². The molecule has 0 aliphatic heterocycles. The molecule has 142 valence electrons. The Bertz CT molecular complexity index is 1110. The zero-order valence-electron chi connectivity index (χ0n) is 15.9. The monoisotopic (exact) mass is 395 g/mol. The maximum absolute atomic E-state index is 13.8. The third kappa shape index (κ3) is 4.53. The van der Waals surface area contributed by atoms with E-state index >= 15 is 0 Å². The van der Waals surface area contributed by atoms with E-state index in [1.54, 1.807) is 0 Å². The van der Waals surface area contributed by atoms with Crippen LogP contribution in [0.4, 0.5) is 5.69 Å². The third-order valence-corrected chi connectivity index (χ3v) is 6.02. The van der Waals surface area contributed by atoms with Crippen molar-refractivity contribution in [3.63, 3.8) is 0 Å². The second-order valence-electron chi connectivity index (χ2n) is 6.51. The fourth-order valence-electron chi connectivity index (χ4n) is 3.13. The predicted octanol–water partition coefficient (Wildman–Crippen LogP) is 6.43. The Kier molecular flexibility index (Phi) is 5.98. The van der Waals surface area contributed by atoms with E-state index in [0.717, 1.165) is 32.3 Å². The van der Waals surface area contributed by atoms with E-state index in [-0.39, 0.29) is 0 Å². The zero-order valence-corrected chi connectivity index (χ0v) is 16.7. The van der Waals surface area contributed by atoms with E-state index in [9.17, 15) is 4.21 Å². The van der Waals surface area contributed by atoms with Crippen molar-refractivity contribution >= 4 is 27.1 Å². The van der Waals surface area contributed by atoms with Gasteiger partial charge < -0.3 is 5.32 Å². The summed E-state index contributed by atoms with van der Waals surface area (Å²) >= 11 is 0. The molecule has 0 saturated carbocycles. The third-order valence-electron chi connectivity index (χ3n) is 4.51. The lowest BCUT2D eigenvalue weighted by Gasteiger charge is -2.18. The van der Waals surface area contributed by atoms with E-state index in [1.165, 1.54) is 0 Å². The molecule has 0 fully saturated rings. The first kappa shape index (κ1) is 18.9. The molecule has 0 amide bonds. The molecule has 4 rings (SSSR count). The highest BCUT2D eigenvalue weighted by molar-refractivity contribution is 7.95. The van der Waals surface area contributed by atoms with E-state index < -0.39 is 10.8 Å². The molecule has 0 saturated heterocycles. The first-order chi connectivity index (χ1) is 14.3. The molecule has 1 unspecified atom stereocenters. The van der Waals surface area contributed by atoms with Gasteiger partial charge in [-0.25, -0.2) is 4.21 Å². The molecular weight excluding hydrogens is 374 g/mol. The Balaban J connectivity index is 1.95. The van der Waals surface area contributed by atoms with Crippen LogP contribution in [-0.4, -0.2) is 4.21 Å². The zero-order chi connectivity index (χ0) is 19.9. The van der Waals surface area contributed by atoms with Crippen molar-refractivity contribution in [3.8, 4) is 0 Å². The Morgan fingerprint density at radius 2 is 1.00 bits per heavy atom. The first-order valence-electron chi connectivity index (χ1n) is 9.47. The molecule has 29 heavy (non-hydrogen) atoms. The molecule has 4 aromatic rings. The minimum absolute atomic E-state index is 0.756. The van der Waals surface area contributed by atoms with Crippen LogP contribution in [0.1, 0.15) is 11.1 Å². The van der Waals surface area contributed by atoms with Crippen LogP contribution in [0.3, 0.4) is 0 Å². The molecule has 0 aliphatic rings. The minimum atomic E-state index is -1.36. The topological polar surface area (TPSA) is 29.1 Å². The number of para-hydroxylation sites is 1. The molecule has 0 heterocycles. The molecule has 0 bridgehead atoms. The van der Waals surface area contributed by atoms with Crippen molar-refractivity contribution in [2.45, 2.75) is 4.90 Å². The van der Waals surface area contributed by atoms with Crippen molar-refractivity contribution < 1.29 is 4.21 Å². The largest absolute Gasteiger partial charge is 0.354 e. The lowest BCUT2D eigenvalue weighted by atomic mass is 10.1. The quantitative estimate of drug-likeness (QED) is 0.381. The van der Waals surface area contributed by atoms with Gasteiger partial charge in [-0.15, -0.1) is 0 Å². The maximum Gasteiger partial charge on any atom is 0.0877 e. The number of rotatable bonds is 6. The Morgan fingerprint density at radius 1 is 0.552 bits per heavy atom. The summed E-state index contributed by atoms with van der Waals surface area (Å²) in [5.74, 6) is 0. The van der Waals surface area contributed by atoms with E-state index in [4.69, 9.17) is 0 Å². The van der Waals surface area contributed by atoms with Crippen molar-refractivity contribution in [1.29, 1.82) is 0 Å². The summed E-state index contributed by atoms with van der Waals surface area (Å²) in [5.41, 5.74) is 3.70. The summed E-state index contributed by atoms with van der Waals surface area (Å²) in [6, 6.07) is 39.6. The highest BCUT2D eigenvalue weighted by atomic mass is 32.2. The number of hydrogen-bond acceptors (Lipinski definition) is 2. The lowest BCUT2D eigenvalue weighted by molar-refractivity contribution is 0.689. The summed E-state index contributed by atoms with van der Waals surface area (Å²) in [5, 5.41) is 3.53. The minimum Gasteiger partial charge on any atom is -0.354 e. The van der Waals surface area contributed by atoms with Crippen LogP contribution in [-0.2, 0) is 10.8 Å². The van der Waals surface area contributed by atoms with Gasteiger partial charge in [0, 0.05) is 10.6 Å². The molecule has 0 aliphatic carbocycles. The smallest absolute Gasteiger partial charge is 0.0877 e. The number of nitrogens with one attached hydrogen (secondary N) is 1. The van der Waals surface area contributed by atoms with Gasteiger partial charge in [0.25, 0.3) is 0 Å². The summed E-state index contributed by atoms with van der Waals surface area (Å²) < 4.78 is 13.8. The van der Waals surface area contributed by atoms with Crippen molar-refractivity contribution in [3.05, 3.63) is 132 Å². The Labute approximate surface area is 174 Å². The Hall–Kier alpha value is -3.43. The lowest BCUT2D eigenvalue weighted by Crippen LogP contribution is -2.07. The normalized spacial score (nSPS) is 12.7. The molecule has 0 spiro atoms. The SMILES string of the molecule is O=S(/C(=C(\Nc1ccccc1)c1ccccc1)c1ccccc1)c1ccccc1. The molecule has 1 N–H and O–H groups in total. The van der Waals surface area contributed by atoms with Crippen LogP contribution in [0.15, 0.2) is 126 Å². The second-order valence-corrected chi connectivity index (χ2v) is 7.93. The second kappa shape index (κ2) is 9.18. The molecule has 0 radical (unpaired) electrons. The van der Waals surface area contributed by atoms with Gasteiger partial charge in [-0.05, 0) is 35.4 Å². The highest BCUT2D eigenvalue weighted by Gasteiger charge is 2.19. The van der Waals surface area contributed by atoms with Gasteiger partial charge >= 0.3 is 0 Å². The number of benzene rings is 4. The van der Waals surface area contributed by atoms with Crippen LogP contribution in [0.25, 0.3) is 10.6 Å². The van der Waals surface area contributed by atoms with Crippen molar-refractivity contribution in [1.82, 2.24) is 0 Å². The summed E-state index contributed by atoms with van der Waals surface area (Å²) in [6.07, 6.45) is 0. The summed E-state index contributed by atoms with van der Waals surface area (Å²) in [6.45, 7) is 0. The summed E-state index contributed by atoms with van der Waals surface area (Å²) in [4.78, 5) is 1.53. The highest BCUT2D eigenvalue weighted by Crippen LogP contribution is 2.33. The Morgan fingerprint density at radius 3 is 1.55 bits per heavy atom. The molecule has 2 nitrogen and oxygen atoms in total. The van der Waals surface area contributed by atoms with Crippen molar-refractivity contribution in [2.75, 3.05) is 5.32 Å². The maximum atomic E-state index is 13.8. The van der Waals surface area contributed by atoms with Crippen LogP contribution in [0.2, 0.25) is 0 Å². The van der Waals surface area contributed by atoms with Gasteiger partial charge in [-0.1, -0.05) is 97.1 Å². The standard InChI is InChI=1S/C26H21NOS/c28-29(24-19-11-4-12-20-24)26(22-15-7-2-8-16-22)25(21-13-5-1-6-14-21)27-23-17-9-3-10-18-23/h1-20,27H/b26-25-. The van der Waals surface area contributed by atoms with Crippen LogP contribution < -0.4 is 5.32 Å². The fraction of sp³-hybridized carbons (Fsp3) is 0. The fourth-order valence-corrected chi connectivity index (χ4v) is 4.47. The van der Waals surface area contributed by atoms with Gasteiger partial charge in [-0.3, -0.25) is 0 Å². The van der Waals surface area contributed by atoms with Crippen LogP contribution in [0.5, 0.6) is 0 Å². The van der Waals surface area contributed by atoms with E-state index in [1.807, 2.05) is 121 Å². The average Bonchev–Trinajstić information content (AvgIpc) is 2.81. The van der Waals surface area contributed by atoms with Gasteiger partial charge in [-0.2, -0.15) is 0 Å². The van der Waals surface area contributed by atoms with E-state index in [2.05, 4.69) is 5.32 Å². The van der Waals surface area contributed by atoms with Crippen LogP contribution in [0, 0.1) is 0 Å². The molecule has 4 aromatic carbocycles. The van der Waals surface area contributed by atoms with Crippen LogP contribution >= 0.6 is 0 Å². The summed E-state index contributed by atoms with van der Waals surface area (Å²) in [7, 11) is -1.36. The predicted molar refractivity (Wildman–Crippen MR) is 123 cm³/mol. The first-order valence-corrected chi connectivity index (χ1v) is 10.6. The molecular formula is C26H21NOS. The van der Waals surface area contributed by atoms with Gasteiger partial charge in [0.15, 0.2) is 0 Å². The molecule has 0 aromatic heterocycles. The average molecular weight is 396 g/mol. The van der Waals surface area contributed by atoms with E-state index in [0.29, 0.717) is 0 Å². The molecule has 3 heteroatoms. The van der Waals surface area contributed by atoms with Gasteiger partial charge in [0.2, 0.25) is 0 Å². The molecule has 1 atom stereocenters.